The molecule has 21 heavy (non-hydrogen) atoms. The zero-order valence-corrected chi connectivity index (χ0v) is 12.7. The van der Waals surface area contributed by atoms with Gasteiger partial charge < -0.3 is 4.74 Å². The lowest BCUT2D eigenvalue weighted by Gasteiger charge is -2.09. The van der Waals surface area contributed by atoms with Crippen molar-refractivity contribution >= 4 is 27.4 Å². The maximum Gasteiger partial charge on any atom is 0.312 e. The molecule has 9 heteroatoms. The second-order valence-electron chi connectivity index (χ2n) is 4.20. The van der Waals surface area contributed by atoms with Crippen LogP contribution in [-0.4, -0.2) is 21.0 Å². The molecule has 0 atom stereocenters. The molecule has 1 aromatic carbocycles. The van der Waals surface area contributed by atoms with Crippen LogP contribution >= 0.6 is 15.9 Å². The zero-order valence-electron chi connectivity index (χ0n) is 11.1. The molecule has 1 aromatic heterocycles. The largest absolute Gasteiger partial charge is 0.480 e. The van der Waals surface area contributed by atoms with E-state index in [-0.39, 0.29) is 29.4 Å². The first kappa shape index (κ1) is 15.1. The van der Waals surface area contributed by atoms with Crippen LogP contribution in [0.25, 0.3) is 0 Å². The van der Waals surface area contributed by atoms with E-state index in [0.29, 0.717) is 15.9 Å². The third-order valence-electron chi connectivity index (χ3n) is 2.71. The smallest absolute Gasteiger partial charge is 0.312 e. The van der Waals surface area contributed by atoms with Crippen LogP contribution < -0.4 is 4.74 Å². The zero-order chi connectivity index (χ0) is 15.6. The Morgan fingerprint density at radius 3 is 2.71 bits per heavy atom. The first-order valence-corrected chi connectivity index (χ1v) is 6.59. The molecular weight excluding hydrogens is 346 g/mol. The predicted octanol–water partition coefficient (Wildman–Crippen LogP) is 2.83. The quantitative estimate of drug-likeness (QED) is 0.460. The molecule has 2 aromatic rings. The van der Waals surface area contributed by atoms with Crippen LogP contribution in [0, 0.1) is 17.0 Å². The van der Waals surface area contributed by atoms with Gasteiger partial charge in [-0.1, -0.05) is 26.2 Å². The number of ketones is 1. The second kappa shape index (κ2) is 6.00. The van der Waals surface area contributed by atoms with E-state index in [2.05, 4.69) is 30.9 Å². The van der Waals surface area contributed by atoms with Crippen molar-refractivity contribution in [2.24, 2.45) is 0 Å². The second-order valence-corrected chi connectivity index (χ2v) is 5.12. The topological polar surface area (TPSA) is 108 Å². The van der Waals surface area contributed by atoms with Crippen molar-refractivity contribution in [2.45, 2.75) is 20.5 Å². The van der Waals surface area contributed by atoms with Crippen molar-refractivity contribution in [2.75, 3.05) is 0 Å². The molecule has 0 radical (unpaired) electrons. The normalized spacial score (nSPS) is 10.4. The van der Waals surface area contributed by atoms with Crippen molar-refractivity contribution in [1.82, 2.24) is 10.3 Å². The fourth-order valence-corrected chi connectivity index (χ4v) is 2.09. The van der Waals surface area contributed by atoms with E-state index in [1.807, 2.05) is 0 Å². The lowest BCUT2D eigenvalue weighted by atomic mass is 10.1. The highest BCUT2D eigenvalue weighted by Gasteiger charge is 2.24. The van der Waals surface area contributed by atoms with Crippen LogP contribution in [0.4, 0.5) is 5.69 Å². The summed E-state index contributed by atoms with van der Waals surface area (Å²) in [4.78, 5) is 22.2. The van der Waals surface area contributed by atoms with Crippen LogP contribution in [0.3, 0.4) is 0 Å². The summed E-state index contributed by atoms with van der Waals surface area (Å²) >= 11 is 3.14. The summed E-state index contributed by atoms with van der Waals surface area (Å²) in [6.07, 6.45) is 0. The maximum absolute atomic E-state index is 11.7. The summed E-state index contributed by atoms with van der Waals surface area (Å²) < 4.78 is 10.4. The van der Waals surface area contributed by atoms with Crippen LogP contribution in [0.15, 0.2) is 21.2 Å². The minimum atomic E-state index is -0.611. The van der Waals surface area contributed by atoms with Crippen LogP contribution in [-0.2, 0) is 6.61 Å². The Labute approximate surface area is 127 Å². The molecular formula is C12H10BrN3O5. The van der Waals surface area contributed by atoms with E-state index in [1.54, 1.807) is 6.92 Å². The van der Waals surface area contributed by atoms with Gasteiger partial charge in [-0.15, -0.1) is 0 Å². The van der Waals surface area contributed by atoms with Gasteiger partial charge in [-0.05, 0) is 19.9 Å². The molecule has 110 valence electrons. The number of halogens is 1. The molecule has 0 N–H and O–H groups in total. The van der Waals surface area contributed by atoms with Crippen molar-refractivity contribution in [3.8, 4) is 5.75 Å². The number of hydrogen-bond acceptors (Lipinski definition) is 7. The Bertz CT molecular complexity index is 678. The number of carbonyl (C=O) groups excluding carboxylic acids is 1. The highest BCUT2D eigenvalue weighted by atomic mass is 79.9. The number of aryl methyl sites for hydroxylation is 1. The molecule has 0 saturated carbocycles. The van der Waals surface area contributed by atoms with Gasteiger partial charge >= 0.3 is 5.69 Å². The van der Waals surface area contributed by atoms with E-state index in [4.69, 9.17) is 4.74 Å². The minimum Gasteiger partial charge on any atom is -0.480 e. The number of benzene rings is 1. The lowest BCUT2D eigenvalue weighted by Crippen LogP contribution is -2.06. The fraction of sp³-hybridized carbons (Fsp3) is 0.250. The van der Waals surface area contributed by atoms with E-state index in [9.17, 15) is 14.9 Å². The Morgan fingerprint density at radius 1 is 1.48 bits per heavy atom. The number of nitro benzene ring substituents is 1. The molecule has 0 unspecified atom stereocenters. The molecule has 0 saturated heterocycles. The number of ether oxygens (including phenoxy) is 1. The molecule has 0 amide bonds. The number of rotatable bonds is 5. The number of Topliss-reactive ketones (excluding diaryl/α,β-unsaturated/α-hetero) is 1. The molecule has 0 aliphatic carbocycles. The number of nitro groups is 1. The summed E-state index contributed by atoms with van der Waals surface area (Å²) in [5.41, 5.74) is 0.731. The summed E-state index contributed by atoms with van der Waals surface area (Å²) in [6.45, 7) is 2.89. The van der Waals surface area contributed by atoms with Crippen LogP contribution in [0.5, 0.6) is 5.75 Å². The molecule has 1 heterocycles. The van der Waals surface area contributed by atoms with E-state index >= 15 is 0 Å². The third-order valence-corrected chi connectivity index (χ3v) is 3.17. The van der Waals surface area contributed by atoms with Gasteiger partial charge in [0.1, 0.15) is 18.0 Å². The van der Waals surface area contributed by atoms with Crippen LogP contribution in [0.1, 0.15) is 28.7 Å². The van der Waals surface area contributed by atoms with E-state index in [0.717, 1.165) is 0 Å². The van der Waals surface area contributed by atoms with Gasteiger partial charge in [0.15, 0.2) is 5.78 Å². The SMILES string of the molecule is CC(=O)c1cc(Br)cc([N+](=O)[O-])c1OCc1nonc1C. The summed E-state index contributed by atoms with van der Waals surface area (Å²) in [7, 11) is 0. The highest BCUT2D eigenvalue weighted by Crippen LogP contribution is 2.35. The highest BCUT2D eigenvalue weighted by molar-refractivity contribution is 9.10. The van der Waals surface area contributed by atoms with Gasteiger partial charge in [0.25, 0.3) is 0 Å². The Morgan fingerprint density at radius 2 is 2.19 bits per heavy atom. The predicted molar refractivity (Wildman–Crippen MR) is 74.2 cm³/mol. The average Bonchev–Trinajstić information content (AvgIpc) is 2.81. The van der Waals surface area contributed by atoms with Gasteiger partial charge in [0, 0.05) is 10.5 Å². The Kier molecular flexibility index (Phi) is 4.32. The molecule has 8 nitrogen and oxygen atoms in total. The van der Waals surface area contributed by atoms with E-state index in [1.165, 1.54) is 19.1 Å². The monoisotopic (exact) mass is 355 g/mol. The van der Waals surface area contributed by atoms with Gasteiger partial charge in [-0.25, -0.2) is 4.63 Å². The van der Waals surface area contributed by atoms with Crippen molar-refractivity contribution < 1.29 is 19.1 Å². The first-order chi connectivity index (χ1) is 9.90. The van der Waals surface area contributed by atoms with Gasteiger partial charge in [-0.3, -0.25) is 14.9 Å². The summed E-state index contributed by atoms with van der Waals surface area (Å²) in [5, 5.41) is 18.3. The Hall–Kier alpha value is -2.29. The first-order valence-electron chi connectivity index (χ1n) is 5.80. The molecule has 0 fully saturated rings. The summed E-state index contributed by atoms with van der Waals surface area (Å²) in [5.74, 6) is -0.442. The maximum atomic E-state index is 11.7. The molecule has 0 aliphatic rings. The molecule has 0 aliphatic heterocycles. The van der Waals surface area contributed by atoms with Gasteiger partial charge in [-0.2, -0.15) is 0 Å². The fourth-order valence-electron chi connectivity index (χ4n) is 1.65. The standard InChI is InChI=1S/C12H10BrN3O5/c1-6-10(15-21-14-6)5-20-12-9(7(2)17)3-8(13)4-11(12)16(18)19/h3-4H,5H2,1-2H3. The molecule has 0 bridgehead atoms. The minimum absolute atomic E-state index is 0.0852. The Balaban J connectivity index is 2.42. The third kappa shape index (κ3) is 3.24. The number of aromatic nitrogens is 2. The van der Waals surface area contributed by atoms with Crippen molar-refractivity contribution in [1.29, 1.82) is 0 Å². The number of carbonyl (C=O) groups is 1. The number of nitrogens with zero attached hydrogens (tertiary/aromatic N) is 3. The molecule has 2 rings (SSSR count). The molecule has 0 spiro atoms. The van der Waals surface area contributed by atoms with Gasteiger partial charge in [0.2, 0.25) is 5.75 Å². The number of hydrogen-bond donors (Lipinski definition) is 0. The van der Waals surface area contributed by atoms with E-state index < -0.39 is 4.92 Å². The average molecular weight is 356 g/mol. The van der Waals surface area contributed by atoms with Crippen molar-refractivity contribution in [3.63, 3.8) is 0 Å². The van der Waals surface area contributed by atoms with Gasteiger partial charge in [0.05, 0.1) is 10.5 Å². The van der Waals surface area contributed by atoms with Crippen LogP contribution in [0.2, 0.25) is 0 Å². The lowest BCUT2D eigenvalue weighted by molar-refractivity contribution is -0.386. The van der Waals surface area contributed by atoms with Crippen molar-refractivity contribution in [3.05, 3.63) is 43.7 Å². The summed E-state index contributed by atoms with van der Waals surface area (Å²) in [6, 6.07) is 2.74.